The highest BCUT2D eigenvalue weighted by Gasteiger charge is 2.33. The van der Waals surface area contributed by atoms with E-state index in [-0.39, 0.29) is 23.8 Å². The average Bonchev–Trinajstić information content (AvgIpc) is 2.80. The summed E-state index contributed by atoms with van der Waals surface area (Å²) < 4.78 is 0. The number of hydrazone groups is 1. The summed E-state index contributed by atoms with van der Waals surface area (Å²) in [6.45, 7) is 5.58. The Hall–Kier alpha value is -2.08. The zero-order chi connectivity index (χ0) is 16.3. The molecule has 0 saturated heterocycles. The van der Waals surface area contributed by atoms with Gasteiger partial charge in [0.2, 0.25) is 0 Å². The van der Waals surface area contributed by atoms with Crippen LogP contribution >= 0.6 is 11.6 Å². The van der Waals surface area contributed by atoms with E-state index < -0.39 is 6.17 Å². The minimum Gasteiger partial charge on any atom is -0.349 e. The molecule has 2 atom stereocenters. The SMILES string of the molecule is CC(C)NC(=O)C1=NNC(NC(=O)c2ccccc2Cl)C1C. The maximum absolute atomic E-state index is 12.2. The van der Waals surface area contributed by atoms with Crippen molar-refractivity contribution < 1.29 is 9.59 Å². The number of amides is 2. The summed E-state index contributed by atoms with van der Waals surface area (Å²) in [6.07, 6.45) is -0.448. The van der Waals surface area contributed by atoms with E-state index in [1.807, 2.05) is 20.8 Å². The third-order valence-corrected chi connectivity index (χ3v) is 3.64. The van der Waals surface area contributed by atoms with Crippen molar-refractivity contribution in [2.24, 2.45) is 11.0 Å². The summed E-state index contributed by atoms with van der Waals surface area (Å²) in [5.74, 6) is -0.787. The molecule has 7 heteroatoms. The number of rotatable bonds is 4. The van der Waals surface area contributed by atoms with Gasteiger partial charge in [0.25, 0.3) is 11.8 Å². The predicted molar refractivity (Wildman–Crippen MR) is 85.7 cm³/mol. The van der Waals surface area contributed by atoms with Gasteiger partial charge >= 0.3 is 0 Å². The molecule has 22 heavy (non-hydrogen) atoms. The first kappa shape index (κ1) is 16.3. The third kappa shape index (κ3) is 3.57. The fourth-order valence-corrected chi connectivity index (χ4v) is 2.35. The summed E-state index contributed by atoms with van der Waals surface area (Å²) in [7, 11) is 0. The summed E-state index contributed by atoms with van der Waals surface area (Å²) in [6, 6.07) is 6.82. The number of carbonyl (C=O) groups excluding carboxylic acids is 2. The van der Waals surface area contributed by atoms with Gasteiger partial charge in [-0.05, 0) is 26.0 Å². The molecular weight excluding hydrogens is 304 g/mol. The molecule has 0 fully saturated rings. The quantitative estimate of drug-likeness (QED) is 0.786. The Morgan fingerprint density at radius 3 is 2.59 bits per heavy atom. The van der Waals surface area contributed by atoms with Gasteiger partial charge in [-0.1, -0.05) is 30.7 Å². The van der Waals surface area contributed by atoms with Crippen LogP contribution in [0.2, 0.25) is 5.02 Å². The maximum Gasteiger partial charge on any atom is 0.268 e. The van der Waals surface area contributed by atoms with Gasteiger partial charge in [-0.2, -0.15) is 5.10 Å². The highest BCUT2D eigenvalue weighted by atomic mass is 35.5. The lowest BCUT2D eigenvalue weighted by Gasteiger charge is -2.18. The van der Waals surface area contributed by atoms with Crippen LogP contribution in [0, 0.1) is 5.92 Å². The second-order valence-electron chi connectivity index (χ2n) is 5.47. The lowest BCUT2D eigenvalue weighted by Crippen LogP contribution is -2.47. The normalized spacial score (nSPS) is 20.3. The Bertz CT molecular complexity index is 615. The minimum atomic E-state index is -0.448. The number of hydrogen-bond donors (Lipinski definition) is 3. The third-order valence-electron chi connectivity index (χ3n) is 3.31. The fraction of sp³-hybridized carbons (Fsp3) is 0.400. The van der Waals surface area contributed by atoms with Crippen molar-refractivity contribution in [1.29, 1.82) is 0 Å². The molecule has 0 bridgehead atoms. The molecule has 0 radical (unpaired) electrons. The second-order valence-corrected chi connectivity index (χ2v) is 5.88. The summed E-state index contributed by atoms with van der Waals surface area (Å²) in [5, 5.41) is 9.99. The molecule has 1 aliphatic rings. The lowest BCUT2D eigenvalue weighted by atomic mass is 10.0. The Balaban J connectivity index is 2.00. The van der Waals surface area contributed by atoms with Crippen molar-refractivity contribution in [1.82, 2.24) is 16.1 Å². The molecule has 0 spiro atoms. The molecule has 2 unspecified atom stereocenters. The number of hydrogen-bond acceptors (Lipinski definition) is 4. The molecule has 2 rings (SSSR count). The molecule has 6 nitrogen and oxygen atoms in total. The summed E-state index contributed by atoms with van der Waals surface area (Å²) in [5.41, 5.74) is 3.54. The average molecular weight is 323 g/mol. The Morgan fingerprint density at radius 1 is 1.27 bits per heavy atom. The summed E-state index contributed by atoms with van der Waals surface area (Å²) in [4.78, 5) is 24.2. The molecule has 1 aliphatic heterocycles. The highest BCUT2D eigenvalue weighted by molar-refractivity contribution is 6.40. The van der Waals surface area contributed by atoms with Gasteiger partial charge in [-0.15, -0.1) is 0 Å². The van der Waals surface area contributed by atoms with Crippen LogP contribution in [-0.2, 0) is 4.79 Å². The highest BCUT2D eigenvalue weighted by Crippen LogP contribution is 2.16. The largest absolute Gasteiger partial charge is 0.349 e. The molecule has 1 aromatic carbocycles. The van der Waals surface area contributed by atoms with Crippen LogP contribution in [-0.4, -0.2) is 29.7 Å². The molecular formula is C15H19ClN4O2. The Labute approximate surface area is 134 Å². The molecule has 3 N–H and O–H groups in total. The van der Waals surface area contributed by atoms with E-state index in [2.05, 4.69) is 21.2 Å². The van der Waals surface area contributed by atoms with E-state index >= 15 is 0 Å². The van der Waals surface area contributed by atoms with Gasteiger partial charge in [0.05, 0.1) is 10.6 Å². The zero-order valence-corrected chi connectivity index (χ0v) is 13.4. The molecule has 118 valence electrons. The van der Waals surface area contributed by atoms with Gasteiger partial charge in [-0.25, -0.2) is 0 Å². The number of nitrogens with zero attached hydrogens (tertiary/aromatic N) is 1. The van der Waals surface area contributed by atoms with Gasteiger partial charge in [0, 0.05) is 12.0 Å². The fourth-order valence-electron chi connectivity index (χ4n) is 2.13. The monoisotopic (exact) mass is 322 g/mol. The van der Waals surface area contributed by atoms with E-state index in [4.69, 9.17) is 11.6 Å². The topological polar surface area (TPSA) is 82.6 Å². The van der Waals surface area contributed by atoms with Gasteiger partial charge < -0.3 is 10.6 Å². The van der Waals surface area contributed by atoms with Crippen molar-refractivity contribution >= 4 is 29.1 Å². The number of carbonyl (C=O) groups is 2. The van der Waals surface area contributed by atoms with Crippen molar-refractivity contribution in [3.05, 3.63) is 34.9 Å². The van der Waals surface area contributed by atoms with Crippen LogP contribution in [0.3, 0.4) is 0 Å². The molecule has 0 saturated carbocycles. The zero-order valence-electron chi connectivity index (χ0n) is 12.7. The van der Waals surface area contributed by atoms with Crippen molar-refractivity contribution in [2.75, 3.05) is 0 Å². The first-order chi connectivity index (χ1) is 10.4. The van der Waals surface area contributed by atoms with Crippen molar-refractivity contribution in [3.63, 3.8) is 0 Å². The summed E-state index contributed by atoms with van der Waals surface area (Å²) >= 11 is 6.00. The van der Waals surface area contributed by atoms with E-state index in [9.17, 15) is 9.59 Å². The van der Waals surface area contributed by atoms with Gasteiger partial charge in [0.1, 0.15) is 11.9 Å². The molecule has 1 heterocycles. The Morgan fingerprint density at radius 2 is 1.95 bits per heavy atom. The van der Waals surface area contributed by atoms with Crippen molar-refractivity contribution in [3.8, 4) is 0 Å². The van der Waals surface area contributed by atoms with Crippen LogP contribution in [0.1, 0.15) is 31.1 Å². The van der Waals surface area contributed by atoms with E-state index in [0.717, 1.165) is 0 Å². The van der Waals surface area contributed by atoms with E-state index in [0.29, 0.717) is 16.3 Å². The van der Waals surface area contributed by atoms with Crippen LogP contribution in [0.5, 0.6) is 0 Å². The number of nitrogens with one attached hydrogen (secondary N) is 3. The van der Waals surface area contributed by atoms with E-state index in [1.165, 1.54) is 0 Å². The van der Waals surface area contributed by atoms with Gasteiger partial charge in [-0.3, -0.25) is 15.0 Å². The number of benzene rings is 1. The van der Waals surface area contributed by atoms with Crippen LogP contribution in [0.4, 0.5) is 0 Å². The molecule has 1 aromatic rings. The maximum atomic E-state index is 12.2. The van der Waals surface area contributed by atoms with Crippen LogP contribution in [0.25, 0.3) is 0 Å². The molecule has 0 aliphatic carbocycles. The first-order valence-electron chi connectivity index (χ1n) is 7.09. The molecule has 2 amide bonds. The van der Waals surface area contributed by atoms with Crippen LogP contribution in [0.15, 0.2) is 29.4 Å². The predicted octanol–water partition coefficient (Wildman–Crippen LogP) is 1.52. The van der Waals surface area contributed by atoms with Gasteiger partial charge in [0.15, 0.2) is 0 Å². The minimum absolute atomic E-state index is 0.0270. The Kier molecular flexibility index (Phi) is 5.03. The van der Waals surface area contributed by atoms with E-state index in [1.54, 1.807) is 24.3 Å². The standard InChI is InChI=1S/C15H19ClN4O2/c1-8(2)17-15(22)12-9(3)13(20-19-12)18-14(21)10-6-4-5-7-11(10)16/h4-9,13,20H,1-3H3,(H,17,22)(H,18,21). The first-order valence-corrected chi connectivity index (χ1v) is 7.47. The smallest absolute Gasteiger partial charge is 0.268 e. The van der Waals surface area contributed by atoms with Crippen molar-refractivity contribution in [2.45, 2.75) is 33.0 Å². The lowest BCUT2D eigenvalue weighted by molar-refractivity contribution is -0.115. The van der Waals surface area contributed by atoms with Crippen LogP contribution < -0.4 is 16.1 Å². The number of halogens is 1. The second kappa shape index (κ2) is 6.79. The molecule has 0 aromatic heterocycles.